The fourth-order valence-corrected chi connectivity index (χ4v) is 4.92. The van der Waals surface area contributed by atoms with Crippen LogP contribution < -0.4 is 0 Å². The van der Waals surface area contributed by atoms with Gasteiger partial charge in [-0.15, -0.1) is 0 Å². The molecule has 3 heterocycles. The van der Waals surface area contributed by atoms with Crippen molar-refractivity contribution in [2.24, 2.45) is 11.8 Å². The summed E-state index contributed by atoms with van der Waals surface area (Å²) in [7, 11) is 0. The molecule has 0 N–H and O–H groups in total. The van der Waals surface area contributed by atoms with Crippen molar-refractivity contribution in [3.05, 3.63) is 30.1 Å². The van der Waals surface area contributed by atoms with Gasteiger partial charge in [0, 0.05) is 51.9 Å². The number of nitrogens with zero attached hydrogens (tertiary/aromatic N) is 4. The molecule has 6 nitrogen and oxygen atoms in total. The predicted octanol–water partition coefficient (Wildman–Crippen LogP) is 2.15. The van der Waals surface area contributed by atoms with Gasteiger partial charge in [0.1, 0.15) is 0 Å². The molecule has 4 rings (SSSR count). The molecular weight excluding hydrogens is 352 g/mol. The van der Waals surface area contributed by atoms with Crippen LogP contribution in [0.5, 0.6) is 0 Å². The van der Waals surface area contributed by atoms with E-state index >= 15 is 0 Å². The average Bonchev–Trinajstić information content (AvgIpc) is 3.24. The van der Waals surface area contributed by atoms with Crippen molar-refractivity contribution < 1.29 is 9.59 Å². The smallest absolute Gasteiger partial charge is 0.227 e. The van der Waals surface area contributed by atoms with Crippen LogP contribution >= 0.6 is 0 Å². The highest BCUT2D eigenvalue weighted by Crippen LogP contribution is 2.26. The van der Waals surface area contributed by atoms with E-state index in [4.69, 9.17) is 0 Å². The molecule has 0 unspecified atom stereocenters. The SMILES string of the molecule is O=C1CC[C@H](C(=O)N2CCN(CC3CCCC3)CC2)CN1Cc1ccccn1. The first-order valence-corrected chi connectivity index (χ1v) is 10.9. The van der Waals surface area contributed by atoms with E-state index in [1.807, 2.05) is 28.0 Å². The molecule has 2 amide bonds. The summed E-state index contributed by atoms with van der Waals surface area (Å²) in [5.74, 6) is 1.17. The lowest BCUT2D eigenvalue weighted by Crippen LogP contribution is -2.53. The number of carbonyl (C=O) groups is 2. The number of piperidine rings is 1. The summed E-state index contributed by atoms with van der Waals surface area (Å²) < 4.78 is 0. The molecule has 1 saturated carbocycles. The molecule has 0 spiro atoms. The maximum Gasteiger partial charge on any atom is 0.227 e. The van der Waals surface area contributed by atoms with Crippen LogP contribution in [0.25, 0.3) is 0 Å². The number of piperazine rings is 1. The lowest BCUT2D eigenvalue weighted by atomic mass is 9.95. The lowest BCUT2D eigenvalue weighted by molar-refractivity contribution is -0.144. The molecule has 0 aromatic carbocycles. The van der Waals surface area contributed by atoms with Gasteiger partial charge < -0.3 is 9.80 Å². The van der Waals surface area contributed by atoms with Gasteiger partial charge in [-0.05, 0) is 37.3 Å². The first-order valence-electron chi connectivity index (χ1n) is 10.9. The highest BCUT2D eigenvalue weighted by Gasteiger charge is 2.34. The number of amides is 2. The van der Waals surface area contributed by atoms with Gasteiger partial charge in [-0.3, -0.25) is 19.5 Å². The molecule has 1 aliphatic carbocycles. The van der Waals surface area contributed by atoms with Gasteiger partial charge >= 0.3 is 0 Å². The normalized spacial score (nSPS) is 24.7. The summed E-state index contributed by atoms with van der Waals surface area (Å²) in [5.41, 5.74) is 0.879. The van der Waals surface area contributed by atoms with E-state index in [1.54, 1.807) is 6.20 Å². The molecule has 28 heavy (non-hydrogen) atoms. The van der Waals surface area contributed by atoms with Gasteiger partial charge in [0.25, 0.3) is 0 Å². The third kappa shape index (κ3) is 4.72. The summed E-state index contributed by atoms with van der Waals surface area (Å²) in [6, 6.07) is 5.74. The summed E-state index contributed by atoms with van der Waals surface area (Å²) >= 11 is 0. The second-order valence-electron chi connectivity index (χ2n) is 8.61. The summed E-state index contributed by atoms with van der Waals surface area (Å²) in [4.78, 5) is 36.1. The first-order chi connectivity index (χ1) is 13.7. The van der Waals surface area contributed by atoms with Crippen LogP contribution in [0.3, 0.4) is 0 Å². The second-order valence-corrected chi connectivity index (χ2v) is 8.61. The highest BCUT2D eigenvalue weighted by atomic mass is 16.2. The molecule has 6 heteroatoms. The zero-order chi connectivity index (χ0) is 19.3. The van der Waals surface area contributed by atoms with E-state index in [2.05, 4.69) is 9.88 Å². The maximum atomic E-state index is 13.1. The molecule has 0 radical (unpaired) electrons. The van der Waals surface area contributed by atoms with Crippen molar-refractivity contribution in [1.82, 2.24) is 19.7 Å². The highest BCUT2D eigenvalue weighted by molar-refractivity contribution is 5.84. The van der Waals surface area contributed by atoms with Crippen LogP contribution in [0.1, 0.15) is 44.2 Å². The number of hydrogen-bond acceptors (Lipinski definition) is 4. The number of carbonyl (C=O) groups excluding carboxylic acids is 2. The molecule has 2 saturated heterocycles. The number of hydrogen-bond donors (Lipinski definition) is 0. The summed E-state index contributed by atoms with van der Waals surface area (Å²) in [5, 5.41) is 0. The van der Waals surface area contributed by atoms with Gasteiger partial charge in [-0.25, -0.2) is 0 Å². The molecule has 1 atom stereocenters. The van der Waals surface area contributed by atoms with Gasteiger partial charge in [0.2, 0.25) is 11.8 Å². The van der Waals surface area contributed by atoms with Crippen molar-refractivity contribution in [3.63, 3.8) is 0 Å². The minimum Gasteiger partial charge on any atom is -0.340 e. The topological polar surface area (TPSA) is 56.8 Å². The number of aromatic nitrogens is 1. The fourth-order valence-electron chi connectivity index (χ4n) is 4.92. The third-order valence-corrected chi connectivity index (χ3v) is 6.60. The Kier molecular flexibility index (Phi) is 6.25. The van der Waals surface area contributed by atoms with Crippen molar-refractivity contribution >= 4 is 11.8 Å². The van der Waals surface area contributed by atoms with Crippen LogP contribution in [-0.2, 0) is 16.1 Å². The average molecular weight is 385 g/mol. The molecule has 2 aliphatic heterocycles. The van der Waals surface area contributed by atoms with Crippen molar-refractivity contribution in [2.75, 3.05) is 39.3 Å². The Labute approximate surface area is 167 Å². The van der Waals surface area contributed by atoms with Crippen LogP contribution in [0.4, 0.5) is 0 Å². The quantitative estimate of drug-likeness (QED) is 0.781. The molecule has 3 aliphatic rings. The standard InChI is InChI=1S/C22H32N4O2/c27-21-9-8-19(16-26(21)17-20-7-3-4-10-23-20)22(28)25-13-11-24(12-14-25)15-18-5-1-2-6-18/h3-4,7,10,18-19H,1-2,5-6,8-9,11-17H2/t19-/m0/s1. The van der Waals surface area contributed by atoms with Crippen molar-refractivity contribution in [3.8, 4) is 0 Å². The Morgan fingerprint density at radius 3 is 2.57 bits per heavy atom. The van der Waals surface area contributed by atoms with E-state index in [9.17, 15) is 9.59 Å². The summed E-state index contributed by atoms with van der Waals surface area (Å²) in [6.45, 7) is 5.87. The Morgan fingerprint density at radius 1 is 1.07 bits per heavy atom. The zero-order valence-corrected chi connectivity index (χ0v) is 16.8. The largest absolute Gasteiger partial charge is 0.340 e. The minimum atomic E-state index is -0.0669. The lowest BCUT2D eigenvalue weighted by Gasteiger charge is -2.39. The van der Waals surface area contributed by atoms with Crippen LogP contribution in [0.15, 0.2) is 24.4 Å². The third-order valence-electron chi connectivity index (χ3n) is 6.60. The van der Waals surface area contributed by atoms with Crippen LogP contribution in [0, 0.1) is 11.8 Å². The predicted molar refractivity (Wildman–Crippen MR) is 107 cm³/mol. The fraction of sp³-hybridized carbons (Fsp3) is 0.682. The number of likely N-dealkylation sites (tertiary alicyclic amines) is 1. The van der Waals surface area contributed by atoms with E-state index in [-0.39, 0.29) is 17.7 Å². The Hall–Kier alpha value is -1.95. The van der Waals surface area contributed by atoms with Crippen molar-refractivity contribution in [1.29, 1.82) is 0 Å². The van der Waals surface area contributed by atoms with Gasteiger partial charge in [-0.2, -0.15) is 0 Å². The molecule has 152 valence electrons. The van der Waals surface area contributed by atoms with E-state index < -0.39 is 0 Å². The molecule has 1 aromatic rings. The van der Waals surface area contributed by atoms with Gasteiger partial charge in [-0.1, -0.05) is 18.9 Å². The van der Waals surface area contributed by atoms with Crippen molar-refractivity contribution in [2.45, 2.75) is 45.1 Å². The zero-order valence-electron chi connectivity index (χ0n) is 16.8. The van der Waals surface area contributed by atoms with Crippen LogP contribution in [0.2, 0.25) is 0 Å². The first kappa shape index (κ1) is 19.4. The second kappa shape index (κ2) is 9.03. The van der Waals surface area contributed by atoms with Gasteiger partial charge in [0.05, 0.1) is 18.2 Å². The molecular formula is C22H32N4O2. The van der Waals surface area contributed by atoms with E-state index in [1.165, 1.54) is 32.2 Å². The van der Waals surface area contributed by atoms with Gasteiger partial charge in [0.15, 0.2) is 0 Å². The minimum absolute atomic E-state index is 0.0669. The number of pyridine rings is 1. The Balaban J connectivity index is 1.27. The Morgan fingerprint density at radius 2 is 1.86 bits per heavy atom. The summed E-state index contributed by atoms with van der Waals surface area (Å²) in [6.07, 6.45) is 8.42. The van der Waals surface area contributed by atoms with E-state index in [0.717, 1.165) is 37.8 Å². The molecule has 3 fully saturated rings. The molecule has 0 bridgehead atoms. The maximum absolute atomic E-state index is 13.1. The van der Waals surface area contributed by atoms with Crippen LogP contribution in [-0.4, -0.2) is 70.8 Å². The Bertz CT molecular complexity index is 666. The van der Waals surface area contributed by atoms with E-state index in [0.29, 0.717) is 25.9 Å². The molecule has 1 aromatic heterocycles. The number of rotatable bonds is 5. The monoisotopic (exact) mass is 384 g/mol.